The van der Waals surface area contributed by atoms with Crippen LogP contribution in [0.5, 0.6) is 11.5 Å². The predicted octanol–water partition coefficient (Wildman–Crippen LogP) is 2.77. The molecule has 2 fully saturated rings. The lowest BCUT2D eigenvalue weighted by Crippen LogP contribution is -2.59. The van der Waals surface area contributed by atoms with E-state index in [1.165, 1.54) is 17.5 Å². The number of methoxy groups -OCH3 is 2. The van der Waals surface area contributed by atoms with Crippen molar-refractivity contribution in [2.75, 3.05) is 47.9 Å². The smallest absolute Gasteiger partial charge is 0.319 e. The highest BCUT2D eigenvalue weighted by Crippen LogP contribution is 2.45. The molecule has 0 spiro atoms. The maximum absolute atomic E-state index is 12.7. The maximum atomic E-state index is 12.7. The Morgan fingerprint density at radius 1 is 1.15 bits per heavy atom. The third-order valence-corrected chi connectivity index (χ3v) is 6.59. The summed E-state index contributed by atoms with van der Waals surface area (Å²) in [5.74, 6) is 2.19. The number of nitrogens with zero attached hydrogens (tertiary/aromatic N) is 3. The summed E-state index contributed by atoms with van der Waals surface area (Å²) in [4.78, 5) is 19.2. The monoisotopic (exact) mass is 373 g/mol. The van der Waals surface area contributed by atoms with E-state index in [4.69, 9.17) is 9.47 Å². The van der Waals surface area contributed by atoms with Gasteiger partial charge in [0.05, 0.1) is 14.2 Å². The van der Waals surface area contributed by atoms with E-state index in [2.05, 4.69) is 21.9 Å². The van der Waals surface area contributed by atoms with Crippen molar-refractivity contribution in [2.45, 2.75) is 37.8 Å². The molecule has 3 heterocycles. The Kier molecular flexibility index (Phi) is 4.93. The van der Waals surface area contributed by atoms with Crippen molar-refractivity contribution in [1.82, 2.24) is 14.7 Å². The van der Waals surface area contributed by atoms with Gasteiger partial charge in [-0.3, -0.25) is 4.90 Å². The first kappa shape index (κ1) is 18.4. The Morgan fingerprint density at radius 2 is 1.89 bits per heavy atom. The normalized spacial score (nSPS) is 27.3. The van der Waals surface area contributed by atoms with Gasteiger partial charge in [0.2, 0.25) is 0 Å². The second-order valence-electron chi connectivity index (χ2n) is 8.24. The molecule has 3 unspecified atom stereocenters. The number of likely N-dealkylation sites (tertiary alicyclic amines) is 1. The molecule has 2 amide bonds. The van der Waals surface area contributed by atoms with E-state index >= 15 is 0 Å². The van der Waals surface area contributed by atoms with Crippen LogP contribution in [0, 0.1) is 5.92 Å². The molecule has 6 heteroatoms. The summed E-state index contributed by atoms with van der Waals surface area (Å²) in [7, 11) is 7.10. The summed E-state index contributed by atoms with van der Waals surface area (Å²) in [5, 5.41) is 0. The van der Waals surface area contributed by atoms with Crippen LogP contribution in [0.15, 0.2) is 12.1 Å². The maximum Gasteiger partial charge on any atom is 0.319 e. The number of amides is 2. The van der Waals surface area contributed by atoms with Gasteiger partial charge in [0.1, 0.15) is 0 Å². The van der Waals surface area contributed by atoms with Crippen molar-refractivity contribution in [3.05, 3.63) is 23.3 Å². The summed E-state index contributed by atoms with van der Waals surface area (Å²) in [5.41, 5.74) is 2.70. The minimum atomic E-state index is 0.154. The van der Waals surface area contributed by atoms with Crippen molar-refractivity contribution in [1.29, 1.82) is 0 Å². The van der Waals surface area contributed by atoms with Gasteiger partial charge in [-0.1, -0.05) is 0 Å². The first-order valence-corrected chi connectivity index (χ1v) is 10.00. The first-order valence-electron chi connectivity index (χ1n) is 10.00. The molecule has 3 aliphatic rings. The fourth-order valence-electron chi connectivity index (χ4n) is 5.27. The predicted molar refractivity (Wildman–Crippen MR) is 104 cm³/mol. The van der Waals surface area contributed by atoms with Gasteiger partial charge in [-0.05, 0) is 54.9 Å². The van der Waals surface area contributed by atoms with E-state index in [1.807, 2.05) is 14.1 Å². The molecule has 3 atom stereocenters. The molecule has 1 aromatic rings. The zero-order valence-corrected chi connectivity index (χ0v) is 16.9. The van der Waals surface area contributed by atoms with Crippen LogP contribution in [0.3, 0.4) is 0 Å². The highest BCUT2D eigenvalue weighted by atomic mass is 16.5. The third-order valence-electron chi connectivity index (χ3n) is 6.59. The molecular weight excluding hydrogens is 342 g/mol. The summed E-state index contributed by atoms with van der Waals surface area (Å²) >= 11 is 0. The zero-order chi connectivity index (χ0) is 19.1. The lowest BCUT2D eigenvalue weighted by Gasteiger charge is -2.52. The Morgan fingerprint density at radius 3 is 2.59 bits per heavy atom. The Balaban J connectivity index is 1.66. The molecule has 0 radical (unpaired) electrons. The number of fused-ring (bicyclic) bond motifs is 4. The number of urea groups is 1. The number of piperidine rings is 2. The number of rotatable bonds is 2. The van der Waals surface area contributed by atoms with Crippen LogP contribution in [0.25, 0.3) is 0 Å². The second kappa shape index (κ2) is 7.23. The van der Waals surface area contributed by atoms with E-state index in [1.54, 1.807) is 19.1 Å². The Bertz CT molecular complexity index is 721. The van der Waals surface area contributed by atoms with Crippen LogP contribution in [0.4, 0.5) is 4.79 Å². The number of benzene rings is 1. The zero-order valence-electron chi connectivity index (χ0n) is 16.9. The largest absolute Gasteiger partial charge is 0.493 e. The lowest BCUT2D eigenvalue weighted by atomic mass is 9.76. The van der Waals surface area contributed by atoms with Crippen LogP contribution in [-0.4, -0.2) is 74.7 Å². The van der Waals surface area contributed by atoms with Gasteiger partial charge in [-0.25, -0.2) is 4.79 Å². The fourth-order valence-corrected chi connectivity index (χ4v) is 5.27. The van der Waals surface area contributed by atoms with Crippen LogP contribution < -0.4 is 9.47 Å². The quantitative estimate of drug-likeness (QED) is 0.800. The van der Waals surface area contributed by atoms with Crippen LogP contribution >= 0.6 is 0 Å². The molecule has 0 saturated carbocycles. The molecule has 3 aliphatic heterocycles. The standard InChI is InChI=1S/C21H31N3O3/c1-22(2)21(25)24-8-5-6-15-13-23-9-7-14-10-19(26-3)20(27-4)11-16(14)18(23)12-17(15)24/h10-11,15,17-18H,5-9,12-13H2,1-4H3. The SMILES string of the molecule is COc1cc2c(cc1OC)C1CC3C(CCCN3C(=O)N(C)C)CN1CC2. The van der Waals surface area contributed by atoms with Crippen molar-refractivity contribution >= 4 is 6.03 Å². The van der Waals surface area contributed by atoms with Crippen LogP contribution in [0.1, 0.15) is 36.4 Å². The van der Waals surface area contributed by atoms with Crippen molar-refractivity contribution in [3.8, 4) is 11.5 Å². The molecule has 2 saturated heterocycles. The topological polar surface area (TPSA) is 45.3 Å². The molecule has 0 aromatic heterocycles. The summed E-state index contributed by atoms with van der Waals surface area (Å²) in [6, 6.07) is 5.13. The van der Waals surface area contributed by atoms with Gasteiger partial charge in [0, 0.05) is 45.8 Å². The fraction of sp³-hybridized carbons (Fsp3) is 0.667. The Labute approximate surface area is 162 Å². The van der Waals surface area contributed by atoms with E-state index in [0.717, 1.165) is 50.4 Å². The van der Waals surface area contributed by atoms with Gasteiger partial charge in [0.15, 0.2) is 11.5 Å². The first-order chi connectivity index (χ1) is 13.0. The van der Waals surface area contributed by atoms with E-state index in [0.29, 0.717) is 18.0 Å². The molecule has 0 bridgehead atoms. The average molecular weight is 373 g/mol. The van der Waals surface area contributed by atoms with Gasteiger partial charge in [0.25, 0.3) is 0 Å². The van der Waals surface area contributed by atoms with Crippen molar-refractivity contribution < 1.29 is 14.3 Å². The van der Waals surface area contributed by atoms with Gasteiger partial charge in [-0.2, -0.15) is 0 Å². The molecule has 148 valence electrons. The minimum absolute atomic E-state index is 0.154. The van der Waals surface area contributed by atoms with Crippen LogP contribution in [-0.2, 0) is 6.42 Å². The summed E-state index contributed by atoms with van der Waals surface area (Å²) in [6.45, 7) is 3.04. The van der Waals surface area contributed by atoms with Crippen LogP contribution in [0.2, 0.25) is 0 Å². The molecule has 0 aliphatic carbocycles. The highest BCUT2D eigenvalue weighted by molar-refractivity contribution is 5.74. The molecule has 0 N–H and O–H groups in total. The number of hydrogen-bond acceptors (Lipinski definition) is 4. The van der Waals surface area contributed by atoms with Gasteiger partial charge in [-0.15, -0.1) is 0 Å². The molecule has 27 heavy (non-hydrogen) atoms. The number of ether oxygens (including phenoxy) is 2. The van der Waals surface area contributed by atoms with Gasteiger partial charge >= 0.3 is 6.03 Å². The second-order valence-corrected chi connectivity index (χ2v) is 8.24. The third kappa shape index (κ3) is 3.14. The Hall–Kier alpha value is -1.95. The lowest BCUT2D eigenvalue weighted by molar-refractivity contribution is 0.00100. The molecule has 1 aromatic carbocycles. The summed E-state index contributed by atoms with van der Waals surface area (Å²) < 4.78 is 11.1. The van der Waals surface area contributed by atoms with E-state index in [9.17, 15) is 4.79 Å². The molecule has 6 nitrogen and oxygen atoms in total. The van der Waals surface area contributed by atoms with Gasteiger partial charge < -0.3 is 19.3 Å². The molecular formula is C21H31N3O3. The summed E-state index contributed by atoms with van der Waals surface area (Å²) in [6.07, 6.45) is 4.39. The number of carbonyl (C=O) groups is 1. The number of carbonyl (C=O) groups excluding carboxylic acids is 1. The highest BCUT2D eigenvalue weighted by Gasteiger charge is 2.44. The van der Waals surface area contributed by atoms with E-state index in [-0.39, 0.29) is 6.03 Å². The minimum Gasteiger partial charge on any atom is -0.493 e. The van der Waals surface area contributed by atoms with E-state index < -0.39 is 0 Å². The van der Waals surface area contributed by atoms with Crippen molar-refractivity contribution in [2.24, 2.45) is 5.92 Å². The average Bonchev–Trinajstić information content (AvgIpc) is 2.69. The van der Waals surface area contributed by atoms with Crippen molar-refractivity contribution in [3.63, 3.8) is 0 Å². The number of hydrogen-bond donors (Lipinski definition) is 0. The molecule has 4 rings (SSSR count).